The molecule has 3 aromatic carbocycles. The molecule has 2 amide bonds. The minimum Gasteiger partial charge on any atom is -0.449 e. The predicted molar refractivity (Wildman–Crippen MR) is 155 cm³/mol. The van der Waals surface area contributed by atoms with Gasteiger partial charge in [0.1, 0.15) is 0 Å². The molecule has 4 N–H and O–H groups in total. The molecule has 0 spiro atoms. The Kier molecular flexibility index (Phi) is 8.99. The number of hydrogen-bond acceptors (Lipinski definition) is 5. The van der Waals surface area contributed by atoms with Crippen LogP contribution in [-0.4, -0.2) is 30.1 Å². The maximum absolute atomic E-state index is 12.7. The van der Waals surface area contributed by atoms with Crippen molar-refractivity contribution >= 4 is 34.1 Å². The smallest absolute Gasteiger partial charge is 0.411 e. The number of pyridine rings is 1. The summed E-state index contributed by atoms with van der Waals surface area (Å²) in [7, 11) is 0. The summed E-state index contributed by atoms with van der Waals surface area (Å²) in [4.78, 5) is 39.9. The molecule has 0 fully saturated rings. The van der Waals surface area contributed by atoms with Crippen molar-refractivity contribution in [1.29, 1.82) is 0 Å². The van der Waals surface area contributed by atoms with Gasteiger partial charge in [-0.25, -0.2) is 4.79 Å². The molecular formula is C31H34N4O4. The van der Waals surface area contributed by atoms with Crippen molar-refractivity contribution in [3.63, 3.8) is 0 Å². The standard InChI is InChI=1S/C31H34N4O4/c1-4-28(35-29(36)18-33-24-13-12-22-14-15-32-30(37)27(22)17-24)23-9-7-10-25(16-23)34-31(38)39-19-21(3)26-11-6-5-8-20(26)2/h5-17,21,28,33H,4,18-19H2,1-3H3,(H,32,37)(H,34,38)(H,35,36)/t21?,28-/m1/s1. The Labute approximate surface area is 227 Å². The van der Waals surface area contributed by atoms with Crippen LogP contribution in [0.25, 0.3) is 10.8 Å². The molecule has 4 aromatic rings. The van der Waals surface area contributed by atoms with E-state index in [1.54, 1.807) is 18.3 Å². The van der Waals surface area contributed by atoms with E-state index in [-0.39, 0.29) is 36.6 Å². The maximum atomic E-state index is 12.7. The third-order valence-electron chi connectivity index (χ3n) is 6.69. The van der Waals surface area contributed by atoms with Gasteiger partial charge in [0.2, 0.25) is 5.91 Å². The van der Waals surface area contributed by atoms with Crippen LogP contribution in [-0.2, 0) is 9.53 Å². The molecule has 4 rings (SSSR count). The monoisotopic (exact) mass is 526 g/mol. The van der Waals surface area contributed by atoms with Gasteiger partial charge in [-0.3, -0.25) is 14.9 Å². The van der Waals surface area contributed by atoms with Crippen LogP contribution in [0.5, 0.6) is 0 Å². The van der Waals surface area contributed by atoms with Crippen LogP contribution in [0.2, 0.25) is 0 Å². The SMILES string of the molecule is CC[C@@H](NC(=O)CNc1ccc2cc[nH]c(=O)c2c1)c1cccc(NC(=O)OCC(C)c2ccccc2C)c1. The Morgan fingerprint density at radius 2 is 1.79 bits per heavy atom. The Morgan fingerprint density at radius 1 is 0.974 bits per heavy atom. The zero-order chi connectivity index (χ0) is 27.8. The van der Waals surface area contributed by atoms with Gasteiger partial charge in [0.15, 0.2) is 0 Å². The summed E-state index contributed by atoms with van der Waals surface area (Å²) in [5.41, 5.74) is 4.28. The number of ether oxygens (including phenoxy) is 1. The molecule has 39 heavy (non-hydrogen) atoms. The van der Waals surface area contributed by atoms with Gasteiger partial charge < -0.3 is 20.4 Å². The van der Waals surface area contributed by atoms with Crippen LogP contribution < -0.4 is 21.5 Å². The first kappa shape index (κ1) is 27.4. The van der Waals surface area contributed by atoms with Crippen molar-refractivity contribution in [3.05, 3.63) is 106 Å². The number of nitrogens with one attached hydrogen (secondary N) is 4. The summed E-state index contributed by atoms with van der Waals surface area (Å²) in [5, 5.41) is 10.3. The Balaban J connectivity index is 1.31. The number of amides is 2. The molecule has 1 aromatic heterocycles. The highest BCUT2D eigenvalue weighted by atomic mass is 16.5. The fourth-order valence-electron chi connectivity index (χ4n) is 4.56. The molecule has 0 saturated carbocycles. The Hall–Kier alpha value is -4.59. The van der Waals surface area contributed by atoms with Crippen LogP contribution in [0.3, 0.4) is 0 Å². The van der Waals surface area contributed by atoms with E-state index in [1.165, 1.54) is 0 Å². The van der Waals surface area contributed by atoms with E-state index in [1.807, 2.05) is 81.4 Å². The minimum absolute atomic E-state index is 0.0517. The second kappa shape index (κ2) is 12.8. The van der Waals surface area contributed by atoms with E-state index in [9.17, 15) is 14.4 Å². The number of fused-ring (bicyclic) bond motifs is 1. The van der Waals surface area contributed by atoms with Crippen LogP contribution in [0.4, 0.5) is 16.2 Å². The zero-order valence-corrected chi connectivity index (χ0v) is 22.4. The number of carbonyl (C=O) groups is 2. The van der Waals surface area contributed by atoms with Crippen molar-refractivity contribution in [2.45, 2.75) is 39.2 Å². The summed E-state index contributed by atoms with van der Waals surface area (Å²) in [5.74, 6) is -0.112. The summed E-state index contributed by atoms with van der Waals surface area (Å²) >= 11 is 0. The molecule has 8 nitrogen and oxygen atoms in total. The first-order valence-electron chi connectivity index (χ1n) is 13.1. The second-order valence-electron chi connectivity index (χ2n) is 9.60. The highest BCUT2D eigenvalue weighted by molar-refractivity contribution is 5.87. The van der Waals surface area contributed by atoms with E-state index < -0.39 is 6.09 Å². The topological polar surface area (TPSA) is 112 Å². The van der Waals surface area contributed by atoms with Gasteiger partial charge in [-0.1, -0.05) is 56.3 Å². The molecule has 0 radical (unpaired) electrons. The lowest BCUT2D eigenvalue weighted by molar-refractivity contribution is -0.120. The molecule has 2 atom stereocenters. The third-order valence-corrected chi connectivity index (χ3v) is 6.69. The second-order valence-corrected chi connectivity index (χ2v) is 9.60. The average molecular weight is 527 g/mol. The first-order valence-corrected chi connectivity index (χ1v) is 13.1. The van der Waals surface area contributed by atoms with Gasteiger partial charge in [-0.15, -0.1) is 0 Å². The summed E-state index contributed by atoms with van der Waals surface area (Å²) < 4.78 is 5.47. The number of hydrogen-bond donors (Lipinski definition) is 4. The van der Waals surface area contributed by atoms with Gasteiger partial charge >= 0.3 is 6.09 Å². The van der Waals surface area contributed by atoms with Gasteiger partial charge in [0.25, 0.3) is 5.56 Å². The molecule has 1 unspecified atom stereocenters. The quantitative estimate of drug-likeness (QED) is 0.207. The van der Waals surface area contributed by atoms with Crippen LogP contribution in [0.1, 0.15) is 48.9 Å². The van der Waals surface area contributed by atoms with Crippen molar-refractivity contribution in [3.8, 4) is 0 Å². The molecule has 0 aliphatic rings. The van der Waals surface area contributed by atoms with Gasteiger partial charge in [-0.05, 0) is 65.8 Å². The number of H-pyrrole nitrogens is 1. The molecule has 0 saturated heterocycles. The molecule has 0 aliphatic carbocycles. The zero-order valence-electron chi connectivity index (χ0n) is 22.4. The van der Waals surface area contributed by atoms with E-state index >= 15 is 0 Å². The third kappa shape index (κ3) is 7.25. The number of carbonyl (C=O) groups excluding carboxylic acids is 2. The number of aromatic amines is 1. The summed E-state index contributed by atoms with van der Waals surface area (Å²) in [6, 6.07) is 22.4. The summed E-state index contributed by atoms with van der Waals surface area (Å²) in [6.45, 7) is 6.37. The molecule has 0 aliphatic heterocycles. The van der Waals surface area contributed by atoms with Gasteiger partial charge in [0.05, 0.1) is 19.2 Å². The minimum atomic E-state index is -0.525. The number of anilines is 2. The molecular weight excluding hydrogens is 492 g/mol. The fraction of sp³-hybridized carbons (Fsp3) is 0.258. The van der Waals surface area contributed by atoms with Crippen molar-refractivity contribution in [2.75, 3.05) is 23.8 Å². The highest BCUT2D eigenvalue weighted by Gasteiger charge is 2.15. The average Bonchev–Trinajstić information content (AvgIpc) is 2.94. The lowest BCUT2D eigenvalue weighted by Gasteiger charge is -2.19. The van der Waals surface area contributed by atoms with E-state index in [2.05, 4.69) is 20.9 Å². The van der Waals surface area contributed by atoms with Crippen molar-refractivity contribution < 1.29 is 14.3 Å². The largest absolute Gasteiger partial charge is 0.449 e. The van der Waals surface area contributed by atoms with E-state index in [0.29, 0.717) is 23.2 Å². The van der Waals surface area contributed by atoms with E-state index in [4.69, 9.17) is 4.74 Å². The van der Waals surface area contributed by atoms with Gasteiger partial charge in [-0.2, -0.15) is 0 Å². The molecule has 1 heterocycles. The lowest BCUT2D eigenvalue weighted by atomic mass is 9.97. The Bertz CT molecular complexity index is 1510. The number of benzene rings is 3. The van der Waals surface area contributed by atoms with Crippen LogP contribution >= 0.6 is 0 Å². The predicted octanol–water partition coefficient (Wildman–Crippen LogP) is 5.87. The highest BCUT2D eigenvalue weighted by Crippen LogP contribution is 2.22. The normalized spacial score (nSPS) is 12.4. The maximum Gasteiger partial charge on any atom is 0.411 e. The number of aromatic nitrogens is 1. The van der Waals surface area contributed by atoms with Crippen molar-refractivity contribution in [1.82, 2.24) is 10.3 Å². The van der Waals surface area contributed by atoms with Gasteiger partial charge in [0, 0.05) is 28.9 Å². The lowest BCUT2D eigenvalue weighted by Crippen LogP contribution is -2.33. The van der Waals surface area contributed by atoms with Crippen LogP contribution in [0.15, 0.2) is 83.8 Å². The number of rotatable bonds is 10. The molecule has 0 bridgehead atoms. The molecule has 8 heteroatoms. The van der Waals surface area contributed by atoms with Crippen molar-refractivity contribution in [2.24, 2.45) is 0 Å². The first-order chi connectivity index (χ1) is 18.8. The Morgan fingerprint density at radius 3 is 2.59 bits per heavy atom. The molecule has 202 valence electrons. The number of aryl methyl sites for hydroxylation is 1. The van der Waals surface area contributed by atoms with E-state index in [0.717, 1.165) is 22.1 Å². The van der Waals surface area contributed by atoms with Crippen LogP contribution in [0, 0.1) is 6.92 Å². The fourth-order valence-corrected chi connectivity index (χ4v) is 4.56. The summed E-state index contributed by atoms with van der Waals surface area (Å²) in [6.07, 6.45) is 1.75.